The second-order valence-corrected chi connectivity index (χ2v) is 4.13. The second kappa shape index (κ2) is 3.91. The number of esters is 1. The third-order valence-corrected chi connectivity index (χ3v) is 3.18. The zero-order valence-corrected chi connectivity index (χ0v) is 9.82. The largest absolute Gasteiger partial charge is 0.467 e. The highest BCUT2D eigenvalue weighted by atomic mass is 16.7. The smallest absolute Gasteiger partial charge is 0.338 e. The van der Waals surface area contributed by atoms with Crippen molar-refractivity contribution in [2.75, 3.05) is 7.11 Å². The average molecular weight is 220 g/mol. The minimum Gasteiger partial charge on any atom is -0.467 e. The summed E-state index contributed by atoms with van der Waals surface area (Å²) in [6.07, 6.45) is 0.334. The zero-order valence-electron chi connectivity index (χ0n) is 9.82. The minimum absolute atomic E-state index is 0.289. The molecule has 1 aromatic rings. The second-order valence-electron chi connectivity index (χ2n) is 4.13. The van der Waals surface area contributed by atoms with Crippen molar-refractivity contribution < 1.29 is 14.3 Å². The molecule has 1 fully saturated rings. The lowest BCUT2D eigenvalue weighted by atomic mass is 9.92. The van der Waals surface area contributed by atoms with Crippen LogP contribution in [0.3, 0.4) is 0 Å². The normalized spacial score (nSPS) is 27.6. The van der Waals surface area contributed by atoms with Gasteiger partial charge >= 0.3 is 5.97 Å². The summed E-state index contributed by atoms with van der Waals surface area (Å²) in [5.41, 5.74) is 1.79. The van der Waals surface area contributed by atoms with Crippen LogP contribution in [0.15, 0.2) is 24.3 Å². The van der Waals surface area contributed by atoms with Crippen molar-refractivity contribution in [1.82, 2.24) is 0 Å². The van der Waals surface area contributed by atoms with Gasteiger partial charge in [-0.1, -0.05) is 36.8 Å². The highest BCUT2D eigenvalue weighted by molar-refractivity contribution is 5.79. The van der Waals surface area contributed by atoms with Crippen molar-refractivity contribution >= 4 is 5.97 Å². The highest BCUT2D eigenvalue weighted by Gasteiger charge is 2.61. The molecule has 1 heterocycles. The van der Waals surface area contributed by atoms with Crippen LogP contribution in [-0.2, 0) is 19.9 Å². The van der Waals surface area contributed by atoms with E-state index in [9.17, 15) is 4.79 Å². The monoisotopic (exact) mass is 220 g/mol. The van der Waals surface area contributed by atoms with E-state index < -0.39 is 11.7 Å². The third kappa shape index (κ3) is 1.61. The van der Waals surface area contributed by atoms with Gasteiger partial charge < -0.3 is 9.47 Å². The van der Waals surface area contributed by atoms with Crippen molar-refractivity contribution in [3.05, 3.63) is 35.4 Å². The Morgan fingerprint density at radius 1 is 1.44 bits per heavy atom. The fourth-order valence-electron chi connectivity index (χ4n) is 2.05. The van der Waals surface area contributed by atoms with E-state index in [0.717, 1.165) is 12.0 Å². The van der Waals surface area contributed by atoms with Crippen LogP contribution < -0.4 is 0 Å². The van der Waals surface area contributed by atoms with Crippen LogP contribution in [0, 0.1) is 6.92 Å². The van der Waals surface area contributed by atoms with Gasteiger partial charge in [0, 0.05) is 0 Å². The SMILES string of the molecule is CCC1(c2ccc(C)cc2)OC1C(=O)OC. The van der Waals surface area contributed by atoms with Crippen molar-refractivity contribution in [1.29, 1.82) is 0 Å². The number of hydrogen-bond acceptors (Lipinski definition) is 3. The molecule has 0 saturated carbocycles. The Balaban J connectivity index is 2.25. The molecule has 1 aliphatic rings. The van der Waals surface area contributed by atoms with Gasteiger partial charge in [-0.05, 0) is 18.9 Å². The van der Waals surface area contributed by atoms with E-state index in [-0.39, 0.29) is 5.97 Å². The molecule has 0 N–H and O–H groups in total. The average Bonchev–Trinajstić information content (AvgIpc) is 3.05. The van der Waals surface area contributed by atoms with Crippen LogP contribution >= 0.6 is 0 Å². The number of aryl methyl sites for hydroxylation is 1. The molecule has 1 aromatic carbocycles. The van der Waals surface area contributed by atoms with Crippen LogP contribution in [-0.4, -0.2) is 19.2 Å². The molecule has 0 aromatic heterocycles. The number of epoxide rings is 1. The number of carbonyl (C=O) groups excluding carboxylic acids is 1. The molecular weight excluding hydrogens is 204 g/mol. The maximum atomic E-state index is 11.4. The summed E-state index contributed by atoms with van der Waals surface area (Å²) in [5.74, 6) is -0.289. The minimum atomic E-state index is -0.458. The van der Waals surface area contributed by atoms with Gasteiger partial charge in [-0.2, -0.15) is 0 Å². The number of rotatable bonds is 3. The first-order valence-corrected chi connectivity index (χ1v) is 5.47. The van der Waals surface area contributed by atoms with E-state index in [2.05, 4.69) is 0 Å². The number of benzene rings is 1. The molecule has 86 valence electrons. The maximum Gasteiger partial charge on any atom is 0.338 e. The van der Waals surface area contributed by atoms with Crippen LogP contribution in [0.25, 0.3) is 0 Å². The Morgan fingerprint density at radius 2 is 2.06 bits per heavy atom. The first-order chi connectivity index (χ1) is 7.64. The summed E-state index contributed by atoms with van der Waals surface area (Å²) in [7, 11) is 1.39. The van der Waals surface area contributed by atoms with Crippen molar-refractivity contribution in [3.63, 3.8) is 0 Å². The molecule has 2 unspecified atom stereocenters. The molecule has 3 heteroatoms. The van der Waals surface area contributed by atoms with Crippen LogP contribution in [0.4, 0.5) is 0 Å². The Labute approximate surface area is 95.4 Å². The van der Waals surface area contributed by atoms with E-state index in [1.165, 1.54) is 12.7 Å². The fourth-order valence-corrected chi connectivity index (χ4v) is 2.05. The van der Waals surface area contributed by atoms with Crippen LogP contribution in [0.1, 0.15) is 24.5 Å². The fraction of sp³-hybridized carbons (Fsp3) is 0.462. The summed E-state index contributed by atoms with van der Waals surface area (Å²) < 4.78 is 10.3. The summed E-state index contributed by atoms with van der Waals surface area (Å²) in [4.78, 5) is 11.4. The standard InChI is InChI=1S/C13H16O3/c1-4-13(11(16-13)12(14)15-3)10-7-5-9(2)6-8-10/h5-8,11H,4H2,1-3H3. The van der Waals surface area contributed by atoms with E-state index in [4.69, 9.17) is 9.47 Å². The van der Waals surface area contributed by atoms with Crippen molar-refractivity contribution in [2.45, 2.75) is 32.0 Å². The summed E-state index contributed by atoms with van der Waals surface area (Å²) in [6.45, 7) is 4.05. The molecule has 0 radical (unpaired) electrons. The van der Waals surface area contributed by atoms with Gasteiger partial charge in [-0.15, -0.1) is 0 Å². The lowest BCUT2D eigenvalue weighted by Gasteiger charge is -2.10. The van der Waals surface area contributed by atoms with E-state index in [1.807, 2.05) is 38.1 Å². The van der Waals surface area contributed by atoms with Gasteiger partial charge in [0.2, 0.25) is 0 Å². The predicted octanol–water partition coefficient (Wildman–Crippen LogP) is 2.17. The Kier molecular flexibility index (Phi) is 2.72. The summed E-state index contributed by atoms with van der Waals surface area (Å²) >= 11 is 0. The van der Waals surface area contributed by atoms with Gasteiger partial charge in [0.1, 0.15) is 5.60 Å². The van der Waals surface area contributed by atoms with Gasteiger partial charge in [0.15, 0.2) is 6.10 Å². The molecule has 3 nitrogen and oxygen atoms in total. The van der Waals surface area contributed by atoms with Gasteiger partial charge in [0.25, 0.3) is 0 Å². The molecule has 1 aliphatic heterocycles. The Morgan fingerprint density at radius 3 is 2.56 bits per heavy atom. The molecule has 0 spiro atoms. The molecule has 0 amide bonds. The number of ether oxygens (including phenoxy) is 2. The Bertz CT molecular complexity index is 396. The lowest BCUT2D eigenvalue weighted by Crippen LogP contribution is -2.19. The molecule has 1 saturated heterocycles. The predicted molar refractivity (Wildman–Crippen MR) is 60.0 cm³/mol. The topological polar surface area (TPSA) is 38.8 Å². The van der Waals surface area contributed by atoms with E-state index in [0.29, 0.717) is 0 Å². The molecule has 0 bridgehead atoms. The third-order valence-electron chi connectivity index (χ3n) is 3.18. The molecule has 2 rings (SSSR count). The van der Waals surface area contributed by atoms with E-state index in [1.54, 1.807) is 0 Å². The van der Waals surface area contributed by atoms with Crippen LogP contribution in [0.5, 0.6) is 0 Å². The van der Waals surface area contributed by atoms with Gasteiger partial charge in [-0.25, -0.2) is 4.79 Å². The summed E-state index contributed by atoms with van der Waals surface area (Å²) in [5, 5.41) is 0. The lowest BCUT2D eigenvalue weighted by molar-refractivity contribution is -0.142. The zero-order chi connectivity index (χ0) is 11.8. The molecular formula is C13H16O3. The Hall–Kier alpha value is -1.35. The summed E-state index contributed by atoms with van der Waals surface area (Å²) in [6, 6.07) is 8.09. The quantitative estimate of drug-likeness (QED) is 0.579. The molecule has 16 heavy (non-hydrogen) atoms. The van der Waals surface area contributed by atoms with Crippen LogP contribution in [0.2, 0.25) is 0 Å². The maximum absolute atomic E-state index is 11.4. The molecule has 2 atom stereocenters. The number of carbonyl (C=O) groups is 1. The molecule has 0 aliphatic carbocycles. The highest BCUT2D eigenvalue weighted by Crippen LogP contribution is 2.49. The number of hydrogen-bond donors (Lipinski definition) is 0. The van der Waals surface area contributed by atoms with E-state index >= 15 is 0 Å². The van der Waals surface area contributed by atoms with Gasteiger partial charge in [-0.3, -0.25) is 0 Å². The first kappa shape index (κ1) is 11.1. The van der Waals surface area contributed by atoms with Crippen molar-refractivity contribution in [2.24, 2.45) is 0 Å². The number of methoxy groups -OCH3 is 1. The van der Waals surface area contributed by atoms with Crippen molar-refractivity contribution in [3.8, 4) is 0 Å². The first-order valence-electron chi connectivity index (χ1n) is 5.47. The van der Waals surface area contributed by atoms with Gasteiger partial charge in [0.05, 0.1) is 7.11 Å².